The topological polar surface area (TPSA) is 29.9 Å². The summed E-state index contributed by atoms with van der Waals surface area (Å²) in [6, 6.07) is 13.1. The molecule has 1 fully saturated rings. The van der Waals surface area contributed by atoms with E-state index in [2.05, 4.69) is 45.4 Å². The molecule has 1 N–H and O–H groups in total. The predicted octanol–water partition coefficient (Wildman–Crippen LogP) is 2.47. The van der Waals surface area contributed by atoms with Crippen molar-refractivity contribution in [2.45, 2.75) is 18.9 Å². The number of aromatic nitrogens is 2. The molecule has 2 aromatic rings. The van der Waals surface area contributed by atoms with E-state index < -0.39 is 0 Å². The van der Waals surface area contributed by atoms with E-state index in [-0.39, 0.29) is 0 Å². The number of piperidine rings is 1. The van der Waals surface area contributed by atoms with Gasteiger partial charge >= 0.3 is 0 Å². The van der Waals surface area contributed by atoms with Crippen molar-refractivity contribution in [2.24, 2.45) is 0 Å². The molecule has 17 heavy (non-hydrogen) atoms. The maximum absolute atomic E-state index is 4.49. The van der Waals surface area contributed by atoms with E-state index in [4.69, 9.17) is 0 Å². The molecule has 1 saturated heterocycles. The van der Waals surface area contributed by atoms with Crippen molar-refractivity contribution < 1.29 is 0 Å². The molecular formula is C14H17N3. The first-order valence-corrected chi connectivity index (χ1v) is 6.25. The number of nitrogens with one attached hydrogen (secondary N) is 1. The third kappa shape index (κ3) is 2.11. The first kappa shape index (κ1) is 10.5. The van der Waals surface area contributed by atoms with Gasteiger partial charge in [-0.2, -0.15) is 5.10 Å². The Balaban J connectivity index is 1.93. The third-order valence-electron chi connectivity index (χ3n) is 3.36. The molecular weight excluding hydrogens is 210 g/mol. The Morgan fingerprint density at radius 2 is 2.06 bits per heavy atom. The molecule has 0 bridgehead atoms. The molecule has 0 spiro atoms. The summed E-state index contributed by atoms with van der Waals surface area (Å²) in [4.78, 5) is 0. The van der Waals surface area contributed by atoms with E-state index in [1.807, 2.05) is 12.3 Å². The average Bonchev–Trinajstić information content (AvgIpc) is 2.90. The lowest BCUT2D eigenvalue weighted by Crippen LogP contribution is -2.32. The fourth-order valence-electron chi connectivity index (χ4n) is 2.48. The van der Waals surface area contributed by atoms with Crippen LogP contribution in [0.2, 0.25) is 0 Å². The number of benzene rings is 1. The van der Waals surface area contributed by atoms with Crippen LogP contribution in [0.3, 0.4) is 0 Å². The van der Waals surface area contributed by atoms with Gasteiger partial charge in [0.2, 0.25) is 0 Å². The molecule has 3 nitrogen and oxygen atoms in total. The highest BCUT2D eigenvalue weighted by atomic mass is 15.3. The summed E-state index contributed by atoms with van der Waals surface area (Å²) in [5.74, 6) is 0. The van der Waals surface area contributed by atoms with Crippen LogP contribution in [0.1, 0.15) is 18.9 Å². The largest absolute Gasteiger partial charge is 0.315 e. The summed E-state index contributed by atoms with van der Waals surface area (Å²) in [6.07, 6.45) is 4.35. The van der Waals surface area contributed by atoms with Crippen LogP contribution in [0.15, 0.2) is 42.6 Å². The molecule has 0 aliphatic carbocycles. The Kier molecular flexibility index (Phi) is 2.92. The molecule has 1 aliphatic rings. The zero-order valence-electron chi connectivity index (χ0n) is 9.84. The lowest BCUT2D eigenvalue weighted by atomic mass is 10.1. The lowest BCUT2D eigenvalue weighted by Gasteiger charge is -2.24. The van der Waals surface area contributed by atoms with Crippen LogP contribution in [0.25, 0.3) is 11.3 Å². The summed E-state index contributed by atoms with van der Waals surface area (Å²) >= 11 is 0. The van der Waals surface area contributed by atoms with Crippen molar-refractivity contribution in [1.82, 2.24) is 15.1 Å². The normalized spacial score (nSPS) is 20.4. The first-order valence-electron chi connectivity index (χ1n) is 6.25. The van der Waals surface area contributed by atoms with Gasteiger partial charge in [0, 0.05) is 12.7 Å². The van der Waals surface area contributed by atoms with Gasteiger partial charge < -0.3 is 5.32 Å². The maximum Gasteiger partial charge on any atom is 0.0686 e. The highest BCUT2D eigenvalue weighted by molar-refractivity contribution is 5.59. The number of rotatable bonds is 2. The lowest BCUT2D eigenvalue weighted by molar-refractivity contribution is 0.349. The van der Waals surface area contributed by atoms with Gasteiger partial charge in [-0.05, 0) is 31.0 Å². The minimum absolute atomic E-state index is 0.494. The van der Waals surface area contributed by atoms with Gasteiger partial charge in [0.25, 0.3) is 0 Å². The number of hydrogen-bond acceptors (Lipinski definition) is 2. The standard InChI is InChI=1S/C14H17N3/c1-2-5-12(6-3-1)14-8-10-16-17(14)13-7-4-9-15-11-13/h1-3,5-6,8,10,13,15H,4,7,9,11H2. The van der Waals surface area contributed by atoms with Crippen molar-refractivity contribution in [3.8, 4) is 11.3 Å². The number of hydrogen-bond donors (Lipinski definition) is 1. The van der Waals surface area contributed by atoms with E-state index in [0.29, 0.717) is 6.04 Å². The Hall–Kier alpha value is -1.61. The zero-order valence-corrected chi connectivity index (χ0v) is 9.84. The van der Waals surface area contributed by atoms with Gasteiger partial charge in [0.1, 0.15) is 0 Å². The zero-order chi connectivity index (χ0) is 11.5. The highest BCUT2D eigenvalue weighted by Gasteiger charge is 2.18. The van der Waals surface area contributed by atoms with Crippen LogP contribution in [0.4, 0.5) is 0 Å². The SMILES string of the molecule is c1ccc(-c2ccnn2C2CCCNC2)cc1. The fraction of sp³-hybridized carbons (Fsp3) is 0.357. The molecule has 2 heterocycles. The quantitative estimate of drug-likeness (QED) is 0.854. The molecule has 1 unspecified atom stereocenters. The van der Waals surface area contributed by atoms with E-state index >= 15 is 0 Å². The van der Waals surface area contributed by atoms with Gasteiger partial charge in [-0.15, -0.1) is 0 Å². The molecule has 3 rings (SSSR count). The van der Waals surface area contributed by atoms with E-state index in [1.54, 1.807) is 0 Å². The molecule has 0 amide bonds. The van der Waals surface area contributed by atoms with Gasteiger partial charge in [-0.3, -0.25) is 4.68 Å². The van der Waals surface area contributed by atoms with Gasteiger partial charge in [0.15, 0.2) is 0 Å². The summed E-state index contributed by atoms with van der Waals surface area (Å²) in [6.45, 7) is 2.17. The molecule has 1 atom stereocenters. The second kappa shape index (κ2) is 4.72. The summed E-state index contributed by atoms with van der Waals surface area (Å²) < 4.78 is 2.17. The van der Waals surface area contributed by atoms with Crippen molar-refractivity contribution >= 4 is 0 Å². The molecule has 3 heteroatoms. The minimum atomic E-state index is 0.494. The van der Waals surface area contributed by atoms with Crippen molar-refractivity contribution in [1.29, 1.82) is 0 Å². The number of nitrogens with zero attached hydrogens (tertiary/aromatic N) is 2. The van der Waals surface area contributed by atoms with Crippen LogP contribution in [0, 0.1) is 0 Å². The van der Waals surface area contributed by atoms with Gasteiger partial charge in [-0.25, -0.2) is 0 Å². The van der Waals surface area contributed by atoms with Crippen molar-refractivity contribution in [2.75, 3.05) is 13.1 Å². The smallest absolute Gasteiger partial charge is 0.0686 e. The monoisotopic (exact) mass is 227 g/mol. The van der Waals surface area contributed by atoms with Crippen LogP contribution in [-0.2, 0) is 0 Å². The summed E-state index contributed by atoms with van der Waals surface area (Å²) in [7, 11) is 0. The Labute approximate surface area is 101 Å². The van der Waals surface area contributed by atoms with Crippen LogP contribution in [-0.4, -0.2) is 22.9 Å². The minimum Gasteiger partial charge on any atom is -0.315 e. The maximum atomic E-state index is 4.49. The van der Waals surface area contributed by atoms with Crippen LogP contribution in [0.5, 0.6) is 0 Å². The molecule has 1 aromatic carbocycles. The van der Waals surface area contributed by atoms with Crippen molar-refractivity contribution in [3.63, 3.8) is 0 Å². The molecule has 1 aromatic heterocycles. The average molecular weight is 227 g/mol. The molecule has 0 saturated carbocycles. The van der Waals surface area contributed by atoms with Gasteiger partial charge in [-0.1, -0.05) is 30.3 Å². The first-order chi connectivity index (χ1) is 8.45. The third-order valence-corrected chi connectivity index (χ3v) is 3.36. The Morgan fingerprint density at radius 3 is 2.82 bits per heavy atom. The van der Waals surface area contributed by atoms with E-state index in [1.165, 1.54) is 24.1 Å². The Morgan fingerprint density at radius 1 is 1.18 bits per heavy atom. The highest BCUT2D eigenvalue weighted by Crippen LogP contribution is 2.24. The molecule has 88 valence electrons. The summed E-state index contributed by atoms with van der Waals surface area (Å²) in [5.41, 5.74) is 2.47. The fourth-order valence-corrected chi connectivity index (χ4v) is 2.48. The summed E-state index contributed by atoms with van der Waals surface area (Å²) in [5, 5.41) is 7.93. The Bertz CT molecular complexity index is 469. The second-order valence-corrected chi connectivity index (χ2v) is 4.53. The molecule has 1 aliphatic heterocycles. The molecule has 0 radical (unpaired) electrons. The predicted molar refractivity (Wildman–Crippen MR) is 68.8 cm³/mol. The van der Waals surface area contributed by atoms with Crippen LogP contribution < -0.4 is 5.32 Å². The van der Waals surface area contributed by atoms with Crippen LogP contribution >= 0.6 is 0 Å². The van der Waals surface area contributed by atoms with Crippen molar-refractivity contribution in [3.05, 3.63) is 42.6 Å². The van der Waals surface area contributed by atoms with E-state index in [0.717, 1.165) is 13.1 Å². The van der Waals surface area contributed by atoms with Gasteiger partial charge in [0.05, 0.1) is 11.7 Å². The van der Waals surface area contributed by atoms with E-state index in [9.17, 15) is 0 Å². The second-order valence-electron chi connectivity index (χ2n) is 4.53.